The molecule has 2 N–H and O–H groups in total. The van der Waals surface area contributed by atoms with Crippen LogP contribution in [0.2, 0.25) is 0 Å². The van der Waals surface area contributed by atoms with Crippen LogP contribution in [0.5, 0.6) is 0 Å². The first-order chi connectivity index (χ1) is 7.18. The van der Waals surface area contributed by atoms with Gasteiger partial charge in [-0.25, -0.2) is 9.67 Å². The van der Waals surface area contributed by atoms with Crippen molar-refractivity contribution in [1.82, 2.24) is 25.0 Å². The van der Waals surface area contributed by atoms with Crippen LogP contribution in [0, 0.1) is 0 Å². The summed E-state index contributed by atoms with van der Waals surface area (Å²) in [5, 5.41) is 15.7. The molecule has 8 nitrogen and oxygen atoms in total. The second kappa shape index (κ2) is 3.48. The van der Waals surface area contributed by atoms with Crippen LogP contribution in [0.25, 0.3) is 11.2 Å². The van der Waals surface area contributed by atoms with Crippen LogP contribution in [-0.2, 0) is 11.3 Å². The van der Waals surface area contributed by atoms with E-state index < -0.39 is 5.97 Å². The zero-order valence-corrected chi connectivity index (χ0v) is 7.54. The van der Waals surface area contributed by atoms with Gasteiger partial charge in [-0.3, -0.25) is 9.59 Å². The molecule has 0 aromatic carbocycles. The smallest absolute Gasteiger partial charge is 0.305 e. The lowest BCUT2D eigenvalue weighted by molar-refractivity contribution is -0.137. The predicted molar refractivity (Wildman–Crippen MR) is 48.2 cm³/mol. The molecule has 2 aromatic rings. The number of rotatable bonds is 3. The predicted octanol–water partition coefficient (Wildman–Crippen LogP) is -1.01. The van der Waals surface area contributed by atoms with E-state index in [1.165, 1.54) is 11.0 Å². The molecule has 2 aromatic heterocycles. The minimum Gasteiger partial charge on any atom is -0.481 e. The van der Waals surface area contributed by atoms with Gasteiger partial charge in [0.05, 0.1) is 19.3 Å². The summed E-state index contributed by atoms with van der Waals surface area (Å²) in [6, 6.07) is 0. The zero-order chi connectivity index (χ0) is 10.8. The number of carbonyl (C=O) groups is 1. The molecule has 0 saturated heterocycles. The lowest BCUT2D eigenvalue weighted by atomic mass is 10.4. The number of aromatic nitrogens is 5. The topological polar surface area (TPSA) is 114 Å². The first-order valence-corrected chi connectivity index (χ1v) is 4.17. The maximum atomic E-state index is 11.2. The van der Waals surface area contributed by atoms with Crippen LogP contribution in [0.15, 0.2) is 11.1 Å². The van der Waals surface area contributed by atoms with E-state index in [4.69, 9.17) is 5.11 Å². The third kappa shape index (κ3) is 1.68. The zero-order valence-electron chi connectivity index (χ0n) is 7.54. The van der Waals surface area contributed by atoms with Crippen molar-refractivity contribution in [3.8, 4) is 0 Å². The molecule has 78 valence electrons. The molecule has 0 aliphatic carbocycles. The Bertz CT molecular complexity index is 557. The fourth-order valence-electron chi connectivity index (χ4n) is 1.16. The number of aliphatic carboxylic acids is 1. The number of carboxylic acids is 1. The van der Waals surface area contributed by atoms with Crippen molar-refractivity contribution in [3.05, 3.63) is 16.7 Å². The first kappa shape index (κ1) is 9.31. The van der Waals surface area contributed by atoms with E-state index >= 15 is 0 Å². The van der Waals surface area contributed by atoms with Crippen molar-refractivity contribution in [2.45, 2.75) is 13.0 Å². The molecular weight excluding hydrogens is 202 g/mol. The van der Waals surface area contributed by atoms with Gasteiger partial charge in [0, 0.05) is 0 Å². The first-order valence-electron chi connectivity index (χ1n) is 4.17. The Morgan fingerprint density at radius 1 is 1.60 bits per heavy atom. The number of carboxylic acid groups (broad SMARTS) is 1. The van der Waals surface area contributed by atoms with E-state index in [-0.39, 0.29) is 24.0 Å². The Morgan fingerprint density at radius 2 is 2.40 bits per heavy atom. The van der Waals surface area contributed by atoms with Gasteiger partial charge in [0.25, 0.3) is 5.56 Å². The molecule has 0 aliphatic heterocycles. The summed E-state index contributed by atoms with van der Waals surface area (Å²) >= 11 is 0. The molecule has 2 heterocycles. The highest BCUT2D eigenvalue weighted by atomic mass is 16.4. The Labute approximate surface area is 82.6 Å². The Hall–Kier alpha value is -2.25. The van der Waals surface area contributed by atoms with Crippen LogP contribution in [0.1, 0.15) is 6.42 Å². The minimum atomic E-state index is -0.941. The number of fused-ring (bicyclic) bond motifs is 1. The van der Waals surface area contributed by atoms with Crippen LogP contribution in [0.4, 0.5) is 0 Å². The molecule has 2 rings (SSSR count). The van der Waals surface area contributed by atoms with Crippen molar-refractivity contribution in [3.63, 3.8) is 0 Å². The van der Waals surface area contributed by atoms with Crippen LogP contribution >= 0.6 is 0 Å². The maximum absolute atomic E-state index is 11.2. The van der Waals surface area contributed by atoms with Crippen LogP contribution in [0.3, 0.4) is 0 Å². The standard InChI is InChI=1S/C7H7N5O3/c13-4(14)1-2-12-6-5(10-11-12)7(15)9-3-8-6/h3H,1-2H2,(H,13,14)(H,8,9,15). The van der Waals surface area contributed by atoms with Gasteiger partial charge in [-0.1, -0.05) is 5.21 Å². The lowest BCUT2D eigenvalue weighted by Gasteiger charge is -1.96. The molecule has 0 bridgehead atoms. The van der Waals surface area contributed by atoms with Crippen LogP contribution < -0.4 is 5.56 Å². The van der Waals surface area contributed by atoms with Gasteiger partial charge in [-0.05, 0) is 0 Å². The Balaban J connectivity index is 2.41. The molecule has 0 unspecified atom stereocenters. The lowest BCUT2D eigenvalue weighted by Crippen LogP contribution is -2.09. The number of hydrogen-bond donors (Lipinski definition) is 2. The highest BCUT2D eigenvalue weighted by Gasteiger charge is 2.09. The Morgan fingerprint density at radius 3 is 3.13 bits per heavy atom. The van der Waals surface area contributed by atoms with Crippen LogP contribution in [-0.4, -0.2) is 36.0 Å². The van der Waals surface area contributed by atoms with E-state index in [9.17, 15) is 9.59 Å². The van der Waals surface area contributed by atoms with Gasteiger partial charge >= 0.3 is 5.97 Å². The van der Waals surface area contributed by atoms with Crippen molar-refractivity contribution in [1.29, 1.82) is 0 Å². The molecule has 0 saturated carbocycles. The molecule has 15 heavy (non-hydrogen) atoms. The highest BCUT2D eigenvalue weighted by Crippen LogP contribution is 2.01. The quantitative estimate of drug-likeness (QED) is 0.669. The highest BCUT2D eigenvalue weighted by molar-refractivity contribution is 5.69. The summed E-state index contributed by atoms with van der Waals surface area (Å²) in [6.45, 7) is 0.141. The van der Waals surface area contributed by atoms with E-state index in [1.54, 1.807) is 0 Å². The van der Waals surface area contributed by atoms with Gasteiger partial charge in [-0.2, -0.15) is 0 Å². The van der Waals surface area contributed by atoms with E-state index in [1.807, 2.05) is 0 Å². The van der Waals surface area contributed by atoms with Gasteiger partial charge in [0.2, 0.25) is 0 Å². The number of hydrogen-bond acceptors (Lipinski definition) is 5. The van der Waals surface area contributed by atoms with Crippen molar-refractivity contribution < 1.29 is 9.90 Å². The summed E-state index contributed by atoms with van der Waals surface area (Å²) in [7, 11) is 0. The monoisotopic (exact) mass is 209 g/mol. The molecule has 0 aliphatic rings. The molecule has 0 radical (unpaired) electrons. The second-order valence-electron chi connectivity index (χ2n) is 2.86. The summed E-state index contributed by atoms with van der Waals surface area (Å²) < 4.78 is 1.29. The SMILES string of the molecule is O=C(O)CCn1nnc2c(=O)[nH]cnc21. The summed E-state index contributed by atoms with van der Waals surface area (Å²) in [6.07, 6.45) is 1.14. The summed E-state index contributed by atoms with van der Waals surface area (Å²) in [5.74, 6) is -0.941. The molecule has 0 amide bonds. The third-order valence-corrected chi connectivity index (χ3v) is 1.84. The van der Waals surface area contributed by atoms with Crippen molar-refractivity contribution >= 4 is 17.1 Å². The average molecular weight is 209 g/mol. The summed E-state index contributed by atoms with van der Waals surface area (Å²) in [4.78, 5) is 27.8. The van der Waals surface area contributed by atoms with Gasteiger partial charge in [0.1, 0.15) is 0 Å². The summed E-state index contributed by atoms with van der Waals surface area (Å²) in [5.41, 5.74) is 0.0180. The van der Waals surface area contributed by atoms with E-state index in [0.717, 1.165) is 0 Å². The number of nitrogens with one attached hydrogen (secondary N) is 1. The number of H-pyrrole nitrogens is 1. The van der Waals surface area contributed by atoms with Crippen molar-refractivity contribution in [2.75, 3.05) is 0 Å². The molecule has 0 atom stereocenters. The fraction of sp³-hybridized carbons (Fsp3) is 0.286. The number of aryl methyl sites for hydroxylation is 1. The van der Waals surface area contributed by atoms with E-state index in [2.05, 4.69) is 20.3 Å². The van der Waals surface area contributed by atoms with E-state index in [0.29, 0.717) is 5.65 Å². The normalized spacial score (nSPS) is 10.7. The van der Waals surface area contributed by atoms with Gasteiger partial charge in [-0.15, -0.1) is 5.10 Å². The third-order valence-electron chi connectivity index (χ3n) is 1.84. The largest absolute Gasteiger partial charge is 0.481 e. The maximum Gasteiger partial charge on any atom is 0.305 e. The molecule has 0 fully saturated rings. The molecule has 8 heteroatoms. The van der Waals surface area contributed by atoms with Crippen molar-refractivity contribution in [2.24, 2.45) is 0 Å². The fourth-order valence-corrected chi connectivity index (χ4v) is 1.16. The molecule has 0 spiro atoms. The minimum absolute atomic E-state index is 0.0903. The number of nitrogens with zero attached hydrogens (tertiary/aromatic N) is 4. The van der Waals surface area contributed by atoms with Gasteiger partial charge in [0.15, 0.2) is 11.2 Å². The number of aromatic amines is 1. The average Bonchev–Trinajstić information content (AvgIpc) is 2.59. The Kier molecular flexibility index (Phi) is 2.16. The molecular formula is C7H7N5O3. The van der Waals surface area contributed by atoms with Gasteiger partial charge < -0.3 is 10.1 Å². The second-order valence-corrected chi connectivity index (χ2v) is 2.86.